The molecule has 1 atom stereocenters. The van der Waals surface area contributed by atoms with E-state index in [1.807, 2.05) is 0 Å². The van der Waals surface area contributed by atoms with Gasteiger partial charge in [-0.15, -0.1) is 0 Å². The Kier molecular flexibility index (Phi) is 4.76. The third-order valence-electron chi connectivity index (χ3n) is 2.86. The summed E-state index contributed by atoms with van der Waals surface area (Å²) >= 11 is 15.6. The molecule has 0 bridgehead atoms. The Morgan fingerprint density at radius 2 is 1.94 bits per heavy atom. The fourth-order valence-electron chi connectivity index (χ4n) is 1.93. The minimum absolute atomic E-state index is 0.00236. The molecule has 18 heavy (non-hydrogen) atoms. The number of carbonyl (C=O) groups is 1. The zero-order valence-corrected chi connectivity index (χ0v) is 12.7. The Labute approximate surface area is 124 Å². The summed E-state index contributed by atoms with van der Waals surface area (Å²) in [6.45, 7) is 0.735. The zero-order chi connectivity index (χ0) is 13.1. The maximum atomic E-state index is 11.8. The summed E-state index contributed by atoms with van der Waals surface area (Å²) in [6, 6.07) is 3.23. The van der Waals surface area contributed by atoms with Crippen LogP contribution < -0.4 is 10.6 Å². The van der Waals surface area contributed by atoms with Crippen LogP contribution >= 0.6 is 39.1 Å². The van der Waals surface area contributed by atoms with E-state index in [1.54, 1.807) is 12.1 Å². The smallest absolute Gasteiger partial charge is 0.242 e. The van der Waals surface area contributed by atoms with Crippen molar-refractivity contribution in [1.29, 1.82) is 0 Å². The average molecular weight is 352 g/mol. The van der Waals surface area contributed by atoms with Gasteiger partial charge in [0.1, 0.15) is 6.04 Å². The van der Waals surface area contributed by atoms with E-state index in [-0.39, 0.29) is 11.9 Å². The lowest BCUT2D eigenvalue weighted by molar-refractivity contribution is -0.121. The van der Waals surface area contributed by atoms with Gasteiger partial charge in [-0.05, 0) is 31.4 Å². The van der Waals surface area contributed by atoms with E-state index in [9.17, 15) is 4.79 Å². The molecule has 98 valence electrons. The number of nitrogens with one attached hydrogen (secondary N) is 2. The average Bonchev–Trinajstić information content (AvgIpc) is 2.49. The van der Waals surface area contributed by atoms with Gasteiger partial charge < -0.3 is 10.6 Å². The van der Waals surface area contributed by atoms with Crippen LogP contribution in [0, 0.1) is 0 Å². The van der Waals surface area contributed by atoms with Crippen LogP contribution in [-0.2, 0) is 4.79 Å². The van der Waals surface area contributed by atoms with E-state index in [2.05, 4.69) is 26.6 Å². The standard InChI is InChI=1S/C12H13BrCl2N2O/c13-7-5-8(14)11(9(15)6-7)17-10-3-1-2-4-16-12(10)18/h5-6,10,17H,1-4H2,(H,16,18). The van der Waals surface area contributed by atoms with Gasteiger partial charge >= 0.3 is 0 Å². The molecule has 1 amide bonds. The highest BCUT2D eigenvalue weighted by atomic mass is 79.9. The molecule has 0 aliphatic carbocycles. The molecule has 1 unspecified atom stereocenters. The van der Waals surface area contributed by atoms with Crippen LogP contribution in [0.2, 0.25) is 10.0 Å². The third-order valence-corrected chi connectivity index (χ3v) is 3.91. The predicted molar refractivity (Wildman–Crippen MR) is 78.4 cm³/mol. The minimum atomic E-state index is -0.274. The number of halogens is 3. The molecule has 1 aliphatic heterocycles. The van der Waals surface area contributed by atoms with Crippen molar-refractivity contribution >= 4 is 50.7 Å². The van der Waals surface area contributed by atoms with E-state index in [4.69, 9.17) is 23.2 Å². The molecular weight excluding hydrogens is 339 g/mol. The van der Waals surface area contributed by atoms with Crippen LogP contribution in [0.5, 0.6) is 0 Å². The van der Waals surface area contributed by atoms with Gasteiger partial charge in [0.05, 0.1) is 15.7 Å². The van der Waals surface area contributed by atoms with E-state index in [0.29, 0.717) is 15.7 Å². The molecule has 0 aromatic heterocycles. The number of anilines is 1. The first-order valence-electron chi connectivity index (χ1n) is 5.76. The zero-order valence-electron chi connectivity index (χ0n) is 9.60. The van der Waals surface area contributed by atoms with Crippen molar-refractivity contribution in [3.8, 4) is 0 Å². The maximum absolute atomic E-state index is 11.8. The van der Waals surface area contributed by atoms with E-state index >= 15 is 0 Å². The third kappa shape index (κ3) is 3.31. The van der Waals surface area contributed by atoms with E-state index in [0.717, 1.165) is 30.3 Å². The molecular formula is C12H13BrCl2N2O. The predicted octanol–water partition coefficient (Wildman–Crippen LogP) is 3.84. The van der Waals surface area contributed by atoms with Crippen molar-refractivity contribution in [1.82, 2.24) is 5.32 Å². The second-order valence-electron chi connectivity index (χ2n) is 4.23. The van der Waals surface area contributed by atoms with Crippen LogP contribution in [0.25, 0.3) is 0 Å². The number of hydrogen-bond donors (Lipinski definition) is 2. The summed E-state index contributed by atoms with van der Waals surface area (Å²) in [5, 5.41) is 7.02. The normalized spacial score (nSPS) is 20.2. The molecule has 1 aliphatic rings. The molecule has 0 radical (unpaired) electrons. The number of carbonyl (C=O) groups excluding carboxylic acids is 1. The van der Waals surface area contributed by atoms with Crippen molar-refractivity contribution in [3.63, 3.8) is 0 Å². The van der Waals surface area contributed by atoms with Gasteiger partial charge in [0.25, 0.3) is 0 Å². The highest BCUT2D eigenvalue weighted by Crippen LogP contribution is 2.34. The number of rotatable bonds is 2. The van der Waals surface area contributed by atoms with E-state index in [1.165, 1.54) is 0 Å². The SMILES string of the molecule is O=C1NCCCCC1Nc1c(Cl)cc(Br)cc1Cl. The Morgan fingerprint density at radius 1 is 1.28 bits per heavy atom. The van der Waals surface area contributed by atoms with Gasteiger partial charge in [-0.1, -0.05) is 39.1 Å². The molecule has 6 heteroatoms. The Morgan fingerprint density at radius 3 is 2.61 bits per heavy atom. The lowest BCUT2D eigenvalue weighted by Gasteiger charge is -2.18. The second-order valence-corrected chi connectivity index (χ2v) is 5.96. The van der Waals surface area contributed by atoms with Gasteiger partial charge in [0.15, 0.2) is 0 Å². The highest BCUT2D eigenvalue weighted by molar-refractivity contribution is 9.10. The first-order valence-corrected chi connectivity index (χ1v) is 7.31. The minimum Gasteiger partial charge on any atom is -0.371 e. The van der Waals surface area contributed by atoms with Crippen molar-refractivity contribution in [3.05, 3.63) is 26.7 Å². The van der Waals surface area contributed by atoms with Crippen molar-refractivity contribution < 1.29 is 4.79 Å². The monoisotopic (exact) mass is 350 g/mol. The van der Waals surface area contributed by atoms with Crippen molar-refractivity contribution in [2.24, 2.45) is 0 Å². The summed E-state index contributed by atoms with van der Waals surface area (Å²) < 4.78 is 0.813. The number of hydrogen-bond acceptors (Lipinski definition) is 2. The summed E-state index contributed by atoms with van der Waals surface area (Å²) in [5.74, 6) is 0.00236. The first-order chi connectivity index (χ1) is 8.58. The summed E-state index contributed by atoms with van der Waals surface area (Å²) in [5.41, 5.74) is 0.614. The maximum Gasteiger partial charge on any atom is 0.242 e. The molecule has 1 fully saturated rings. The quantitative estimate of drug-likeness (QED) is 0.849. The van der Waals surface area contributed by atoms with Crippen molar-refractivity contribution in [2.45, 2.75) is 25.3 Å². The number of amides is 1. The van der Waals surface area contributed by atoms with Gasteiger partial charge in [-0.2, -0.15) is 0 Å². The van der Waals surface area contributed by atoms with Crippen molar-refractivity contribution in [2.75, 3.05) is 11.9 Å². The largest absolute Gasteiger partial charge is 0.371 e. The molecule has 1 aromatic rings. The summed E-state index contributed by atoms with van der Waals surface area (Å²) in [7, 11) is 0. The molecule has 0 saturated carbocycles. The Bertz CT molecular complexity index is 444. The van der Waals surface area contributed by atoms with E-state index < -0.39 is 0 Å². The molecule has 2 N–H and O–H groups in total. The second kappa shape index (κ2) is 6.13. The topological polar surface area (TPSA) is 41.1 Å². The van der Waals surface area contributed by atoms with Crippen LogP contribution in [0.4, 0.5) is 5.69 Å². The Hall–Kier alpha value is -0.450. The fourth-order valence-corrected chi connectivity index (χ4v) is 3.25. The van der Waals surface area contributed by atoms with Gasteiger partial charge in [0.2, 0.25) is 5.91 Å². The molecule has 1 heterocycles. The van der Waals surface area contributed by atoms with Gasteiger partial charge in [0, 0.05) is 11.0 Å². The fraction of sp³-hybridized carbons (Fsp3) is 0.417. The highest BCUT2D eigenvalue weighted by Gasteiger charge is 2.22. The van der Waals surface area contributed by atoms with Crippen LogP contribution in [0.1, 0.15) is 19.3 Å². The van der Waals surface area contributed by atoms with Gasteiger partial charge in [-0.25, -0.2) is 0 Å². The number of benzene rings is 1. The molecule has 1 aromatic carbocycles. The lowest BCUT2D eigenvalue weighted by Crippen LogP contribution is -2.38. The van der Waals surface area contributed by atoms with Gasteiger partial charge in [-0.3, -0.25) is 4.79 Å². The first kappa shape index (κ1) is 14.0. The van der Waals surface area contributed by atoms with Crippen LogP contribution in [0.3, 0.4) is 0 Å². The lowest BCUT2D eigenvalue weighted by atomic mass is 10.1. The summed E-state index contributed by atoms with van der Waals surface area (Å²) in [6.07, 6.45) is 2.79. The summed E-state index contributed by atoms with van der Waals surface area (Å²) in [4.78, 5) is 11.8. The molecule has 1 saturated heterocycles. The van der Waals surface area contributed by atoms with Crippen LogP contribution in [0.15, 0.2) is 16.6 Å². The van der Waals surface area contributed by atoms with Crippen LogP contribution in [-0.4, -0.2) is 18.5 Å². The molecule has 3 nitrogen and oxygen atoms in total. The Balaban J connectivity index is 2.20. The molecule has 2 rings (SSSR count). The molecule has 0 spiro atoms.